The second-order valence-corrected chi connectivity index (χ2v) is 6.54. The first kappa shape index (κ1) is 21.5. The summed E-state index contributed by atoms with van der Waals surface area (Å²) in [6, 6.07) is 0. The van der Waals surface area contributed by atoms with Gasteiger partial charge in [0.15, 0.2) is 0 Å². The molecule has 0 aromatic carbocycles. The van der Waals surface area contributed by atoms with E-state index in [0.717, 1.165) is 5.57 Å². The second-order valence-electron chi connectivity index (χ2n) is 6.54. The molecule has 0 amide bonds. The molecule has 22 heavy (non-hydrogen) atoms. The molecule has 2 heteroatoms. The number of carbonyl (C=O) groups excluding carboxylic acids is 1. The van der Waals surface area contributed by atoms with Crippen molar-refractivity contribution in [1.82, 2.24) is 0 Å². The van der Waals surface area contributed by atoms with Gasteiger partial charge in [-0.05, 0) is 50.4 Å². The third-order valence-corrected chi connectivity index (χ3v) is 4.06. The summed E-state index contributed by atoms with van der Waals surface area (Å²) in [6.07, 6.45) is 17.4. The third kappa shape index (κ3) is 7.16. The largest absolute Gasteiger partial charge is 0.419 e. The summed E-state index contributed by atoms with van der Waals surface area (Å²) in [5, 5.41) is 0. The van der Waals surface area contributed by atoms with Gasteiger partial charge in [0.05, 0.1) is 0 Å². The summed E-state index contributed by atoms with van der Waals surface area (Å²) >= 11 is 0. The molecule has 117 valence electrons. The summed E-state index contributed by atoms with van der Waals surface area (Å²) in [5.41, 5.74) is 5.40. The quantitative estimate of drug-likeness (QED) is 0.348. The molecule has 0 fully saturated rings. The van der Waals surface area contributed by atoms with Crippen molar-refractivity contribution in [1.29, 1.82) is 0 Å². The fourth-order valence-electron chi connectivity index (χ4n) is 2.77. The molecule has 0 atom stereocenters. The Morgan fingerprint density at radius 1 is 1.18 bits per heavy atom. The van der Waals surface area contributed by atoms with Crippen LogP contribution in [0.2, 0.25) is 0 Å². The number of hydrogen-bond donors (Lipinski definition) is 0. The average Bonchev–Trinajstić information content (AvgIpc) is 2.37. The van der Waals surface area contributed by atoms with E-state index in [9.17, 15) is 4.79 Å². The minimum absolute atomic E-state index is 0. The van der Waals surface area contributed by atoms with Crippen LogP contribution in [0.25, 0.3) is 0 Å². The average molecular weight is 372 g/mol. The zero-order valence-electron chi connectivity index (χ0n) is 14.6. The minimum atomic E-state index is 0. The van der Waals surface area contributed by atoms with Crippen molar-refractivity contribution in [3.63, 3.8) is 0 Å². The van der Waals surface area contributed by atoms with Gasteiger partial charge in [-0.25, -0.2) is 0 Å². The maximum Gasteiger partial charge on any atom is 0 e. The van der Waals surface area contributed by atoms with Crippen LogP contribution in [0.15, 0.2) is 58.7 Å². The Balaban J connectivity index is 0.00000441. The summed E-state index contributed by atoms with van der Waals surface area (Å²) in [6.45, 7) is 10.9. The maximum absolute atomic E-state index is 10.2. The van der Waals surface area contributed by atoms with Crippen LogP contribution in [0.1, 0.15) is 53.9 Å². The summed E-state index contributed by atoms with van der Waals surface area (Å²) < 4.78 is 0. The molecule has 0 bridgehead atoms. The molecule has 1 aliphatic rings. The Kier molecular flexibility index (Phi) is 10.0. The SMILES string of the molecule is CC1=C(/C=C/C(C)=C/C=C/C(C)=C/[C-]=O)C(C)(C)CCC1.[Y]. The van der Waals surface area contributed by atoms with E-state index in [2.05, 4.69) is 45.9 Å². The van der Waals surface area contributed by atoms with Crippen LogP contribution in [0.4, 0.5) is 0 Å². The second kappa shape index (κ2) is 10.3. The van der Waals surface area contributed by atoms with Crippen molar-refractivity contribution < 1.29 is 37.5 Å². The van der Waals surface area contributed by atoms with E-state index in [1.807, 2.05) is 19.1 Å². The molecule has 0 aliphatic heterocycles. The molecule has 1 rings (SSSR count). The molecule has 0 N–H and O–H groups in total. The van der Waals surface area contributed by atoms with Crippen LogP contribution in [0, 0.1) is 5.41 Å². The minimum Gasteiger partial charge on any atom is -0.419 e. The van der Waals surface area contributed by atoms with Gasteiger partial charge in [0.1, 0.15) is 0 Å². The summed E-state index contributed by atoms with van der Waals surface area (Å²) in [5.74, 6) is 0. The van der Waals surface area contributed by atoms with Crippen LogP contribution in [-0.2, 0) is 37.5 Å². The number of allylic oxidation sites excluding steroid dienone is 10. The smallest absolute Gasteiger partial charge is 0 e. The van der Waals surface area contributed by atoms with Crippen molar-refractivity contribution in [3.05, 3.63) is 58.7 Å². The first-order valence-corrected chi connectivity index (χ1v) is 7.64. The zero-order chi connectivity index (χ0) is 15.9. The normalized spacial score (nSPS) is 19.7. The van der Waals surface area contributed by atoms with Crippen molar-refractivity contribution in [3.8, 4) is 0 Å². The molecule has 0 spiro atoms. The molecular formula is C20H27OY-. The summed E-state index contributed by atoms with van der Waals surface area (Å²) in [4.78, 5) is 10.2. The maximum atomic E-state index is 10.2. The molecule has 0 aromatic heterocycles. The molecule has 1 radical (unpaired) electrons. The van der Waals surface area contributed by atoms with Gasteiger partial charge in [-0.1, -0.05) is 49.3 Å². The molecule has 0 aromatic rings. The van der Waals surface area contributed by atoms with E-state index in [1.165, 1.54) is 42.1 Å². The number of hydrogen-bond acceptors (Lipinski definition) is 1. The van der Waals surface area contributed by atoms with E-state index >= 15 is 0 Å². The zero-order valence-corrected chi connectivity index (χ0v) is 17.4. The van der Waals surface area contributed by atoms with E-state index in [-0.39, 0.29) is 38.1 Å². The van der Waals surface area contributed by atoms with Gasteiger partial charge in [0.25, 0.3) is 0 Å². The molecule has 1 aliphatic carbocycles. The third-order valence-electron chi connectivity index (χ3n) is 4.06. The van der Waals surface area contributed by atoms with Crippen LogP contribution in [0.5, 0.6) is 0 Å². The predicted molar refractivity (Wildman–Crippen MR) is 91.8 cm³/mol. The first-order chi connectivity index (χ1) is 9.86. The van der Waals surface area contributed by atoms with Crippen molar-refractivity contribution in [2.24, 2.45) is 5.41 Å². The van der Waals surface area contributed by atoms with Crippen LogP contribution in [0.3, 0.4) is 0 Å². The topological polar surface area (TPSA) is 17.1 Å². The van der Waals surface area contributed by atoms with Crippen molar-refractivity contribution in [2.45, 2.75) is 53.9 Å². The fourth-order valence-corrected chi connectivity index (χ4v) is 2.77. The van der Waals surface area contributed by atoms with E-state index in [0.29, 0.717) is 0 Å². The van der Waals surface area contributed by atoms with Gasteiger partial charge < -0.3 is 4.79 Å². The molecule has 0 saturated heterocycles. The van der Waals surface area contributed by atoms with Gasteiger partial charge in [-0.3, -0.25) is 0 Å². The Hall–Kier alpha value is -0.526. The molecule has 1 nitrogen and oxygen atoms in total. The van der Waals surface area contributed by atoms with E-state index < -0.39 is 0 Å². The monoisotopic (exact) mass is 372 g/mol. The molecular weight excluding hydrogens is 345 g/mol. The van der Waals surface area contributed by atoms with Crippen LogP contribution in [-0.4, -0.2) is 6.29 Å². The Morgan fingerprint density at radius 2 is 1.86 bits per heavy atom. The first-order valence-electron chi connectivity index (χ1n) is 7.64. The van der Waals surface area contributed by atoms with Gasteiger partial charge in [0.2, 0.25) is 0 Å². The van der Waals surface area contributed by atoms with Gasteiger partial charge in [-0.15, -0.1) is 13.0 Å². The fraction of sp³-hybridized carbons (Fsp3) is 0.450. The standard InChI is InChI=1S/C20H27O.Y/c1-16(8-6-9-17(2)13-15-21)11-12-19-18(3)10-7-14-20(19,4)5;/h6,8-9,11-13H,7,10,14H2,1-5H3;/q-1;/b9-6+,12-11+,16-8+,17-13+;. The molecule has 0 saturated carbocycles. The van der Waals surface area contributed by atoms with Gasteiger partial charge in [-0.2, -0.15) is 11.6 Å². The Bertz CT molecular complexity index is 528. The van der Waals surface area contributed by atoms with E-state index in [1.54, 1.807) is 6.29 Å². The molecule has 0 unspecified atom stereocenters. The Morgan fingerprint density at radius 3 is 2.45 bits per heavy atom. The van der Waals surface area contributed by atoms with Gasteiger partial charge in [0, 0.05) is 32.7 Å². The number of rotatable bonds is 5. The summed E-state index contributed by atoms with van der Waals surface area (Å²) in [7, 11) is 0. The molecule has 0 heterocycles. The predicted octanol–water partition coefficient (Wildman–Crippen LogP) is 5.63. The van der Waals surface area contributed by atoms with Crippen molar-refractivity contribution >= 4 is 6.29 Å². The van der Waals surface area contributed by atoms with Crippen molar-refractivity contribution in [2.75, 3.05) is 0 Å². The van der Waals surface area contributed by atoms with Gasteiger partial charge >= 0.3 is 0 Å². The van der Waals surface area contributed by atoms with Crippen LogP contribution < -0.4 is 0 Å². The Labute approximate surface area is 161 Å². The van der Waals surface area contributed by atoms with E-state index in [4.69, 9.17) is 0 Å². The van der Waals surface area contributed by atoms with Crippen LogP contribution >= 0.6 is 0 Å².